The average molecular weight is 203 g/mol. The molecule has 2 unspecified atom stereocenters. The van der Waals surface area contributed by atoms with Crippen molar-refractivity contribution in [3.63, 3.8) is 0 Å². The molecule has 0 aromatic heterocycles. The van der Waals surface area contributed by atoms with Gasteiger partial charge in [0.05, 0.1) is 26.9 Å². The zero-order valence-corrected chi connectivity index (χ0v) is 8.40. The van der Waals surface area contributed by atoms with E-state index in [1.54, 1.807) is 0 Å². The fraction of sp³-hybridized carbons (Fsp3) is 0.889. The third-order valence-corrected chi connectivity index (χ3v) is 2.18. The predicted octanol–water partition coefficient (Wildman–Crippen LogP) is -0.460. The van der Waals surface area contributed by atoms with E-state index in [4.69, 9.17) is 15.2 Å². The number of hydrogen-bond donors (Lipinski definition) is 1. The van der Waals surface area contributed by atoms with Crippen molar-refractivity contribution in [2.24, 2.45) is 11.7 Å². The second-order valence-corrected chi connectivity index (χ2v) is 3.40. The first kappa shape index (κ1) is 11.4. The molecule has 5 heteroatoms. The molecular weight excluding hydrogens is 186 g/mol. The van der Waals surface area contributed by atoms with Gasteiger partial charge in [-0.3, -0.25) is 4.79 Å². The number of hydrogen-bond acceptors (Lipinski definition) is 5. The Morgan fingerprint density at radius 2 is 2.50 bits per heavy atom. The summed E-state index contributed by atoms with van der Waals surface area (Å²) in [5.41, 5.74) is 5.48. The summed E-state index contributed by atoms with van der Waals surface area (Å²) in [6.45, 7) is 2.36. The van der Waals surface area contributed by atoms with Gasteiger partial charge in [-0.05, 0) is 6.42 Å². The van der Waals surface area contributed by atoms with Crippen molar-refractivity contribution in [1.82, 2.24) is 0 Å². The van der Waals surface area contributed by atoms with Gasteiger partial charge in [-0.25, -0.2) is 0 Å². The van der Waals surface area contributed by atoms with Crippen molar-refractivity contribution >= 4 is 5.97 Å². The molecule has 1 rings (SSSR count). The summed E-state index contributed by atoms with van der Waals surface area (Å²) in [6, 6.07) is -0.678. The predicted molar refractivity (Wildman–Crippen MR) is 49.7 cm³/mol. The van der Waals surface area contributed by atoms with Gasteiger partial charge in [-0.15, -0.1) is 0 Å². The molecule has 0 aromatic rings. The maximum atomic E-state index is 10.9. The van der Waals surface area contributed by atoms with E-state index < -0.39 is 12.0 Å². The van der Waals surface area contributed by atoms with Crippen molar-refractivity contribution in [3.8, 4) is 0 Å². The molecule has 1 fully saturated rings. The van der Waals surface area contributed by atoms with E-state index in [9.17, 15) is 4.79 Å². The third kappa shape index (κ3) is 3.61. The van der Waals surface area contributed by atoms with E-state index in [1.807, 2.05) is 0 Å². The van der Waals surface area contributed by atoms with Gasteiger partial charge in [0.25, 0.3) is 0 Å². The molecule has 0 radical (unpaired) electrons. The minimum absolute atomic E-state index is 0.211. The van der Waals surface area contributed by atoms with Gasteiger partial charge in [0.15, 0.2) is 0 Å². The summed E-state index contributed by atoms with van der Waals surface area (Å²) in [7, 11) is 1.31. The summed E-state index contributed by atoms with van der Waals surface area (Å²) < 4.78 is 14.9. The molecule has 0 aliphatic carbocycles. The lowest BCUT2D eigenvalue weighted by molar-refractivity contribution is -0.143. The fourth-order valence-corrected chi connectivity index (χ4v) is 1.30. The normalized spacial score (nSPS) is 23.4. The molecule has 1 aliphatic rings. The summed E-state index contributed by atoms with van der Waals surface area (Å²) in [5.74, 6) is 0.00696. The van der Waals surface area contributed by atoms with Crippen LogP contribution in [0.2, 0.25) is 0 Å². The van der Waals surface area contributed by atoms with Crippen LogP contribution in [0.1, 0.15) is 6.42 Å². The van der Waals surface area contributed by atoms with Crippen LogP contribution in [0.25, 0.3) is 0 Å². The van der Waals surface area contributed by atoms with Gasteiger partial charge in [-0.1, -0.05) is 0 Å². The summed E-state index contributed by atoms with van der Waals surface area (Å²) in [6.07, 6.45) is 1.02. The Morgan fingerprint density at radius 3 is 3.07 bits per heavy atom. The molecule has 2 N–H and O–H groups in total. The molecule has 0 amide bonds. The first-order chi connectivity index (χ1) is 6.74. The second-order valence-electron chi connectivity index (χ2n) is 3.40. The monoisotopic (exact) mass is 203 g/mol. The van der Waals surface area contributed by atoms with Crippen LogP contribution >= 0.6 is 0 Å². The van der Waals surface area contributed by atoms with Crippen LogP contribution in [0.4, 0.5) is 0 Å². The van der Waals surface area contributed by atoms with Crippen LogP contribution in [0.3, 0.4) is 0 Å². The van der Waals surface area contributed by atoms with Crippen LogP contribution in [0.5, 0.6) is 0 Å². The zero-order valence-electron chi connectivity index (χ0n) is 8.40. The van der Waals surface area contributed by atoms with E-state index in [0.717, 1.165) is 19.6 Å². The second kappa shape index (κ2) is 5.95. The zero-order chi connectivity index (χ0) is 10.4. The Morgan fingerprint density at radius 1 is 1.71 bits per heavy atom. The Kier molecular flexibility index (Phi) is 4.86. The average Bonchev–Trinajstić information content (AvgIpc) is 2.69. The molecule has 1 saturated heterocycles. The maximum absolute atomic E-state index is 10.9. The fourth-order valence-electron chi connectivity index (χ4n) is 1.30. The van der Waals surface area contributed by atoms with E-state index in [-0.39, 0.29) is 6.61 Å². The van der Waals surface area contributed by atoms with Gasteiger partial charge < -0.3 is 19.9 Å². The maximum Gasteiger partial charge on any atom is 0.325 e. The van der Waals surface area contributed by atoms with Crippen LogP contribution in [-0.4, -0.2) is 45.5 Å². The van der Waals surface area contributed by atoms with E-state index in [1.165, 1.54) is 7.11 Å². The lowest BCUT2D eigenvalue weighted by Crippen LogP contribution is -2.36. The lowest BCUT2D eigenvalue weighted by atomic mass is 10.1. The topological polar surface area (TPSA) is 70.8 Å². The van der Waals surface area contributed by atoms with Gasteiger partial charge in [-0.2, -0.15) is 0 Å². The molecule has 0 bridgehead atoms. The summed E-state index contributed by atoms with van der Waals surface area (Å²) >= 11 is 0. The number of ether oxygens (including phenoxy) is 3. The summed E-state index contributed by atoms with van der Waals surface area (Å²) in [5, 5.41) is 0. The molecule has 0 spiro atoms. The van der Waals surface area contributed by atoms with Crippen molar-refractivity contribution < 1.29 is 19.0 Å². The molecule has 82 valence electrons. The van der Waals surface area contributed by atoms with Gasteiger partial charge in [0, 0.05) is 12.5 Å². The van der Waals surface area contributed by atoms with Crippen molar-refractivity contribution in [2.45, 2.75) is 12.5 Å². The molecule has 0 saturated carbocycles. The van der Waals surface area contributed by atoms with Gasteiger partial charge in [0.1, 0.15) is 6.04 Å². The Bertz CT molecular complexity index is 180. The minimum atomic E-state index is -0.678. The van der Waals surface area contributed by atoms with Crippen LogP contribution in [0.15, 0.2) is 0 Å². The Hall–Kier alpha value is -0.650. The molecule has 1 aliphatic heterocycles. The van der Waals surface area contributed by atoms with Crippen LogP contribution < -0.4 is 5.73 Å². The highest BCUT2D eigenvalue weighted by Crippen LogP contribution is 2.12. The highest BCUT2D eigenvalue weighted by Gasteiger charge is 2.18. The molecule has 14 heavy (non-hydrogen) atoms. The quantitative estimate of drug-likeness (QED) is 0.612. The van der Waals surface area contributed by atoms with Gasteiger partial charge >= 0.3 is 5.97 Å². The Labute approximate surface area is 83.5 Å². The molecule has 0 aromatic carbocycles. The number of rotatable bonds is 5. The highest BCUT2D eigenvalue weighted by molar-refractivity contribution is 5.75. The molecule has 5 nitrogen and oxygen atoms in total. The number of nitrogens with two attached hydrogens (primary N) is 1. The van der Waals surface area contributed by atoms with E-state index in [0.29, 0.717) is 12.5 Å². The summed E-state index contributed by atoms with van der Waals surface area (Å²) in [4.78, 5) is 10.9. The largest absolute Gasteiger partial charge is 0.468 e. The SMILES string of the molecule is COC(=O)C(N)COCC1CCOC1. The molecule has 1 heterocycles. The lowest BCUT2D eigenvalue weighted by Gasteiger charge is -2.12. The minimum Gasteiger partial charge on any atom is -0.468 e. The van der Waals surface area contributed by atoms with Crippen molar-refractivity contribution in [2.75, 3.05) is 33.5 Å². The van der Waals surface area contributed by atoms with Crippen LogP contribution in [-0.2, 0) is 19.0 Å². The smallest absolute Gasteiger partial charge is 0.325 e. The van der Waals surface area contributed by atoms with Crippen LogP contribution in [0, 0.1) is 5.92 Å². The highest BCUT2D eigenvalue weighted by atomic mass is 16.5. The number of methoxy groups -OCH3 is 1. The van der Waals surface area contributed by atoms with E-state index >= 15 is 0 Å². The molecular formula is C9H17NO4. The number of esters is 1. The standard InChI is InChI=1S/C9H17NO4/c1-12-9(11)8(10)6-14-5-7-2-3-13-4-7/h7-8H,2-6,10H2,1H3. The van der Waals surface area contributed by atoms with Crippen molar-refractivity contribution in [3.05, 3.63) is 0 Å². The molecule has 2 atom stereocenters. The first-order valence-corrected chi connectivity index (χ1v) is 4.73. The first-order valence-electron chi connectivity index (χ1n) is 4.73. The number of carbonyl (C=O) groups is 1. The van der Waals surface area contributed by atoms with Gasteiger partial charge in [0.2, 0.25) is 0 Å². The number of carbonyl (C=O) groups excluding carboxylic acids is 1. The van der Waals surface area contributed by atoms with E-state index in [2.05, 4.69) is 4.74 Å². The Balaban J connectivity index is 2.05. The third-order valence-electron chi connectivity index (χ3n) is 2.18. The van der Waals surface area contributed by atoms with Crippen molar-refractivity contribution in [1.29, 1.82) is 0 Å².